The van der Waals surface area contributed by atoms with Gasteiger partial charge in [0.15, 0.2) is 0 Å². The van der Waals surface area contributed by atoms with Gasteiger partial charge in [0.25, 0.3) is 0 Å². The van der Waals surface area contributed by atoms with E-state index in [2.05, 4.69) is 60.7 Å². The summed E-state index contributed by atoms with van der Waals surface area (Å²) in [5, 5.41) is 2.97. The van der Waals surface area contributed by atoms with Crippen LogP contribution in [0.1, 0.15) is 11.1 Å². The van der Waals surface area contributed by atoms with Gasteiger partial charge in [-0.05, 0) is 50.4 Å². The molecule has 4 nitrogen and oxygen atoms in total. The predicted molar refractivity (Wildman–Crippen MR) is 109 cm³/mol. The van der Waals surface area contributed by atoms with Gasteiger partial charge < -0.3 is 15.1 Å². The smallest absolute Gasteiger partial charge is 0.243 e. The Bertz CT molecular complexity index is 733. The average molecular weight is 351 g/mol. The third kappa shape index (κ3) is 6.47. The zero-order valence-corrected chi connectivity index (χ0v) is 16.2. The van der Waals surface area contributed by atoms with Crippen LogP contribution in [0.2, 0.25) is 0 Å². The summed E-state index contributed by atoms with van der Waals surface area (Å²) in [4.78, 5) is 16.1. The summed E-state index contributed by atoms with van der Waals surface area (Å²) in [7, 11) is 8.09. The fraction of sp³-hybridized carbons (Fsp3) is 0.318. The fourth-order valence-electron chi connectivity index (χ4n) is 2.72. The van der Waals surface area contributed by atoms with Crippen LogP contribution in [0, 0.1) is 0 Å². The molecule has 0 saturated carbocycles. The first-order valence-electron chi connectivity index (χ1n) is 8.87. The Morgan fingerprint density at radius 2 is 1.65 bits per heavy atom. The average Bonchev–Trinajstić information content (AvgIpc) is 2.60. The zero-order valence-electron chi connectivity index (χ0n) is 16.2. The van der Waals surface area contributed by atoms with E-state index in [1.807, 2.05) is 37.2 Å². The lowest BCUT2D eigenvalue weighted by Gasteiger charge is -2.13. The minimum Gasteiger partial charge on any atom is -0.348 e. The van der Waals surface area contributed by atoms with Gasteiger partial charge in [-0.25, -0.2) is 0 Å². The number of likely N-dealkylation sites (N-methyl/N-ethyl adjacent to an activating group) is 1. The summed E-state index contributed by atoms with van der Waals surface area (Å²) in [6.07, 6.45) is 3.46. The molecule has 0 heterocycles. The Morgan fingerprint density at radius 3 is 2.31 bits per heavy atom. The van der Waals surface area contributed by atoms with Gasteiger partial charge in [0.05, 0.1) is 0 Å². The Labute approximate surface area is 157 Å². The summed E-state index contributed by atoms with van der Waals surface area (Å²) in [6, 6.07) is 16.8. The topological polar surface area (TPSA) is 35.6 Å². The Balaban J connectivity index is 2.05. The van der Waals surface area contributed by atoms with E-state index in [4.69, 9.17) is 0 Å². The van der Waals surface area contributed by atoms with E-state index in [1.54, 1.807) is 6.08 Å². The number of benzene rings is 2. The molecule has 2 aromatic carbocycles. The van der Waals surface area contributed by atoms with Crippen molar-refractivity contribution >= 4 is 5.91 Å². The summed E-state index contributed by atoms with van der Waals surface area (Å²) in [5.74, 6) is -0.0667. The molecule has 26 heavy (non-hydrogen) atoms. The second-order valence-electron chi connectivity index (χ2n) is 6.97. The van der Waals surface area contributed by atoms with Crippen molar-refractivity contribution in [1.29, 1.82) is 0 Å². The Hall–Kier alpha value is -2.43. The van der Waals surface area contributed by atoms with Crippen LogP contribution in [-0.2, 0) is 17.9 Å². The summed E-state index contributed by atoms with van der Waals surface area (Å²) in [5.41, 5.74) is 4.72. The second kappa shape index (κ2) is 9.90. The van der Waals surface area contributed by atoms with Crippen molar-refractivity contribution in [2.75, 3.05) is 34.7 Å². The summed E-state index contributed by atoms with van der Waals surface area (Å²) in [6.45, 7) is 2.20. The van der Waals surface area contributed by atoms with Crippen molar-refractivity contribution in [3.05, 3.63) is 71.8 Å². The molecule has 138 valence electrons. The minimum absolute atomic E-state index is 0.0667. The van der Waals surface area contributed by atoms with E-state index in [-0.39, 0.29) is 5.91 Å². The molecule has 0 aliphatic rings. The van der Waals surface area contributed by atoms with Gasteiger partial charge in [-0.2, -0.15) is 0 Å². The van der Waals surface area contributed by atoms with Crippen molar-refractivity contribution in [1.82, 2.24) is 15.1 Å². The third-order valence-electron chi connectivity index (χ3n) is 3.97. The number of hydrogen-bond acceptors (Lipinski definition) is 3. The number of carbonyl (C=O) groups excluding carboxylic acids is 1. The van der Waals surface area contributed by atoms with Gasteiger partial charge in [-0.3, -0.25) is 4.79 Å². The van der Waals surface area contributed by atoms with Gasteiger partial charge in [-0.1, -0.05) is 54.6 Å². The number of hydrogen-bond donors (Lipinski definition) is 1. The molecule has 0 bridgehead atoms. The van der Waals surface area contributed by atoms with Crippen LogP contribution in [0.5, 0.6) is 0 Å². The highest BCUT2D eigenvalue weighted by molar-refractivity contribution is 5.87. The molecule has 0 atom stereocenters. The van der Waals surface area contributed by atoms with E-state index >= 15 is 0 Å². The summed E-state index contributed by atoms with van der Waals surface area (Å²) < 4.78 is 0. The lowest BCUT2D eigenvalue weighted by atomic mass is 9.98. The van der Waals surface area contributed by atoms with Gasteiger partial charge in [0.2, 0.25) is 5.91 Å². The molecule has 0 aliphatic carbocycles. The molecule has 4 heteroatoms. The van der Waals surface area contributed by atoms with Crippen LogP contribution in [0.15, 0.2) is 60.7 Å². The van der Waals surface area contributed by atoms with Crippen LogP contribution in [-0.4, -0.2) is 50.4 Å². The molecule has 1 amide bonds. The first-order valence-corrected chi connectivity index (χ1v) is 8.87. The van der Waals surface area contributed by atoms with Crippen molar-refractivity contribution in [2.45, 2.75) is 13.1 Å². The zero-order chi connectivity index (χ0) is 18.9. The first kappa shape index (κ1) is 19.9. The predicted octanol–water partition coefficient (Wildman–Crippen LogP) is 3.15. The number of nitrogens with one attached hydrogen (secondary N) is 1. The van der Waals surface area contributed by atoms with Crippen molar-refractivity contribution in [3.8, 4) is 11.1 Å². The number of nitrogens with zero attached hydrogens (tertiary/aromatic N) is 2. The highest BCUT2D eigenvalue weighted by Crippen LogP contribution is 2.24. The molecular formula is C22H29N3O. The Morgan fingerprint density at radius 1 is 0.962 bits per heavy atom. The molecular weight excluding hydrogens is 322 g/mol. The van der Waals surface area contributed by atoms with Crippen LogP contribution >= 0.6 is 0 Å². The number of rotatable bonds is 8. The number of amides is 1. The molecule has 0 unspecified atom stereocenters. The maximum atomic E-state index is 12.0. The highest BCUT2D eigenvalue weighted by atomic mass is 16.1. The van der Waals surface area contributed by atoms with Gasteiger partial charge in [-0.15, -0.1) is 0 Å². The van der Waals surface area contributed by atoms with Gasteiger partial charge >= 0.3 is 0 Å². The van der Waals surface area contributed by atoms with E-state index in [0.29, 0.717) is 6.54 Å². The standard InChI is InChI=1S/C22H29N3O/c1-24(2)15-7-10-22(26)23-16-20-8-5-6-9-21(20)19-13-11-18(12-14-19)17-25(3)4/h5-14H,15-17H2,1-4H3,(H,23,26)/b10-7+. The van der Waals surface area contributed by atoms with Crippen LogP contribution in [0.4, 0.5) is 0 Å². The SMILES string of the molecule is CN(C)C/C=C/C(=O)NCc1ccccc1-c1ccc(CN(C)C)cc1. The maximum Gasteiger partial charge on any atom is 0.243 e. The third-order valence-corrected chi connectivity index (χ3v) is 3.97. The van der Waals surface area contributed by atoms with Gasteiger partial charge in [0, 0.05) is 25.7 Å². The van der Waals surface area contributed by atoms with Crippen LogP contribution < -0.4 is 5.32 Å². The first-order chi connectivity index (χ1) is 12.5. The molecule has 2 rings (SSSR count). The molecule has 0 aliphatic heterocycles. The van der Waals surface area contributed by atoms with Crippen molar-refractivity contribution in [2.24, 2.45) is 0 Å². The molecule has 0 spiro atoms. The minimum atomic E-state index is -0.0667. The fourth-order valence-corrected chi connectivity index (χ4v) is 2.72. The molecule has 0 radical (unpaired) electrons. The van der Waals surface area contributed by atoms with Crippen molar-refractivity contribution < 1.29 is 4.79 Å². The normalized spacial score (nSPS) is 11.5. The van der Waals surface area contributed by atoms with E-state index in [0.717, 1.165) is 24.2 Å². The summed E-state index contributed by atoms with van der Waals surface area (Å²) >= 11 is 0. The van der Waals surface area contributed by atoms with E-state index in [9.17, 15) is 4.79 Å². The molecule has 0 saturated heterocycles. The quantitative estimate of drug-likeness (QED) is 0.742. The number of carbonyl (C=O) groups is 1. The van der Waals surface area contributed by atoms with Crippen molar-refractivity contribution in [3.63, 3.8) is 0 Å². The van der Waals surface area contributed by atoms with Gasteiger partial charge in [0.1, 0.15) is 0 Å². The largest absolute Gasteiger partial charge is 0.348 e. The Kier molecular flexibility index (Phi) is 7.57. The van der Waals surface area contributed by atoms with E-state index < -0.39 is 0 Å². The van der Waals surface area contributed by atoms with Crippen LogP contribution in [0.25, 0.3) is 11.1 Å². The molecule has 0 fully saturated rings. The van der Waals surface area contributed by atoms with E-state index in [1.165, 1.54) is 11.1 Å². The lowest BCUT2D eigenvalue weighted by Crippen LogP contribution is -2.21. The second-order valence-corrected chi connectivity index (χ2v) is 6.97. The maximum absolute atomic E-state index is 12.0. The molecule has 2 aromatic rings. The monoisotopic (exact) mass is 351 g/mol. The molecule has 1 N–H and O–H groups in total. The van der Waals surface area contributed by atoms with Crippen LogP contribution in [0.3, 0.4) is 0 Å². The highest BCUT2D eigenvalue weighted by Gasteiger charge is 2.06. The lowest BCUT2D eigenvalue weighted by molar-refractivity contribution is -0.116. The molecule has 0 aromatic heterocycles.